The van der Waals surface area contributed by atoms with Crippen LogP contribution >= 0.6 is 15.9 Å². The van der Waals surface area contributed by atoms with Crippen LogP contribution in [0.4, 0.5) is 0 Å². The Labute approximate surface area is 96.7 Å². The van der Waals surface area contributed by atoms with Crippen molar-refractivity contribution in [2.24, 2.45) is 7.05 Å². The molecule has 0 N–H and O–H groups in total. The molecule has 0 spiro atoms. The topological polar surface area (TPSA) is 44.1 Å². The molecule has 2 rings (SSSR count). The van der Waals surface area contributed by atoms with Gasteiger partial charge in [0.1, 0.15) is 11.7 Å². The van der Waals surface area contributed by atoms with Gasteiger partial charge < -0.3 is 9.53 Å². The molecule has 1 aliphatic heterocycles. The van der Waals surface area contributed by atoms with E-state index in [-0.39, 0.29) is 6.10 Å². The van der Waals surface area contributed by atoms with Gasteiger partial charge in [-0.1, -0.05) is 0 Å². The molecule has 0 aromatic carbocycles. The molecule has 82 valence electrons. The number of nitrogens with zero attached hydrogens (tertiary/aromatic N) is 2. The summed E-state index contributed by atoms with van der Waals surface area (Å²) in [6.07, 6.45) is 4.21. The number of aldehydes is 1. The zero-order chi connectivity index (χ0) is 11.1. The lowest BCUT2D eigenvalue weighted by atomic mass is 10.0. The molecule has 0 bridgehead atoms. The Balaban J connectivity index is 2.25. The number of hydrogen-bond acceptors (Lipinski definition) is 3. The van der Waals surface area contributed by atoms with Crippen LogP contribution in [0.1, 0.15) is 31.6 Å². The molecule has 1 aromatic rings. The summed E-state index contributed by atoms with van der Waals surface area (Å²) in [7, 11) is 1.88. The van der Waals surface area contributed by atoms with E-state index < -0.39 is 5.60 Å². The Morgan fingerprint density at radius 1 is 1.80 bits per heavy atom. The van der Waals surface area contributed by atoms with Crippen LogP contribution in [0.25, 0.3) is 0 Å². The normalized spacial score (nSPS) is 30.7. The number of halogens is 1. The third kappa shape index (κ3) is 1.86. The van der Waals surface area contributed by atoms with Crippen LogP contribution in [0.5, 0.6) is 0 Å². The van der Waals surface area contributed by atoms with E-state index in [4.69, 9.17) is 4.74 Å². The van der Waals surface area contributed by atoms with Gasteiger partial charge in [0.2, 0.25) is 0 Å². The van der Waals surface area contributed by atoms with Gasteiger partial charge in [0.05, 0.1) is 16.4 Å². The number of carbonyl (C=O) groups excluding carboxylic acids is 1. The van der Waals surface area contributed by atoms with Crippen LogP contribution in [0.3, 0.4) is 0 Å². The first-order valence-corrected chi connectivity index (χ1v) is 5.66. The standard InChI is InChI=1S/C10H13BrN2O2/c1-10(6-14)4-3-8(15-10)9-7(11)5-12-13(9)2/h5-6,8H,3-4H2,1-2H3. The Morgan fingerprint density at radius 3 is 3.00 bits per heavy atom. The van der Waals surface area contributed by atoms with E-state index in [1.54, 1.807) is 10.9 Å². The highest BCUT2D eigenvalue weighted by Gasteiger charge is 2.38. The minimum Gasteiger partial charge on any atom is -0.358 e. The number of aryl methyl sites for hydroxylation is 1. The molecule has 0 aliphatic carbocycles. The summed E-state index contributed by atoms with van der Waals surface area (Å²) < 4.78 is 8.46. The Morgan fingerprint density at radius 2 is 2.53 bits per heavy atom. The Hall–Kier alpha value is -0.680. The van der Waals surface area contributed by atoms with Crippen molar-refractivity contribution in [3.63, 3.8) is 0 Å². The summed E-state index contributed by atoms with van der Waals surface area (Å²) in [6.45, 7) is 1.82. The summed E-state index contributed by atoms with van der Waals surface area (Å²) >= 11 is 3.43. The number of ether oxygens (including phenoxy) is 1. The van der Waals surface area contributed by atoms with Crippen LogP contribution in [0.2, 0.25) is 0 Å². The highest BCUT2D eigenvalue weighted by molar-refractivity contribution is 9.10. The van der Waals surface area contributed by atoms with E-state index in [0.29, 0.717) is 0 Å². The van der Waals surface area contributed by atoms with E-state index in [1.165, 1.54) is 0 Å². The van der Waals surface area contributed by atoms with E-state index in [0.717, 1.165) is 29.3 Å². The first-order valence-electron chi connectivity index (χ1n) is 4.87. The summed E-state index contributed by atoms with van der Waals surface area (Å²) in [5.74, 6) is 0. The van der Waals surface area contributed by atoms with Crippen LogP contribution in [-0.4, -0.2) is 21.7 Å². The molecule has 4 nitrogen and oxygen atoms in total. The fourth-order valence-corrected chi connectivity index (χ4v) is 2.53. The molecular weight excluding hydrogens is 260 g/mol. The molecule has 1 aliphatic rings. The maximum atomic E-state index is 10.9. The maximum Gasteiger partial charge on any atom is 0.151 e. The highest BCUT2D eigenvalue weighted by atomic mass is 79.9. The molecule has 1 fully saturated rings. The fourth-order valence-electron chi connectivity index (χ4n) is 1.92. The minimum absolute atomic E-state index is 0.0397. The number of aromatic nitrogens is 2. The van der Waals surface area contributed by atoms with Crippen LogP contribution in [0.15, 0.2) is 10.7 Å². The first kappa shape index (κ1) is 10.8. The summed E-state index contributed by atoms with van der Waals surface area (Å²) in [4.78, 5) is 10.9. The first-order chi connectivity index (χ1) is 7.06. The second kappa shape index (κ2) is 3.72. The Kier molecular flexibility index (Phi) is 2.68. The SMILES string of the molecule is Cn1ncc(Br)c1C1CCC(C)(C=O)O1. The van der Waals surface area contributed by atoms with Crippen molar-refractivity contribution in [3.8, 4) is 0 Å². The minimum atomic E-state index is -0.631. The molecule has 15 heavy (non-hydrogen) atoms. The molecule has 0 radical (unpaired) electrons. The molecule has 5 heteroatoms. The van der Waals surface area contributed by atoms with E-state index in [9.17, 15) is 4.79 Å². The van der Waals surface area contributed by atoms with Gasteiger partial charge in [-0.15, -0.1) is 0 Å². The average molecular weight is 273 g/mol. The quantitative estimate of drug-likeness (QED) is 0.774. The second-order valence-electron chi connectivity index (χ2n) is 4.08. The maximum absolute atomic E-state index is 10.9. The fraction of sp³-hybridized carbons (Fsp3) is 0.600. The predicted octanol–water partition coefficient (Wildman–Crippen LogP) is 1.99. The van der Waals surface area contributed by atoms with Crippen LogP contribution in [-0.2, 0) is 16.6 Å². The Bertz CT molecular complexity index is 371. The van der Waals surface area contributed by atoms with Gasteiger partial charge in [-0.25, -0.2) is 0 Å². The van der Waals surface area contributed by atoms with Crippen LogP contribution < -0.4 is 0 Å². The average Bonchev–Trinajstić information content (AvgIpc) is 2.72. The molecule has 0 saturated carbocycles. The lowest BCUT2D eigenvalue weighted by molar-refractivity contribution is -0.128. The van der Waals surface area contributed by atoms with Gasteiger partial charge >= 0.3 is 0 Å². The summed E-state index contributed by atoms with van der Waals surface area (Å²) in [5, 5.41) is 4.14. The lowest BCUT2D eigenvalue weighted by Gasteiger charge is -2.18. The van der Waals surface area contributed by atoms with Gasteiger partial charge in [-0.2, -0.15) is 5.10 Å². The van der Waals surface area contributed by atoms with Gasteiger partial charge in [0.25, 0.3) is 0 Å². The van der Waals surface area contributed by atoms with E-state index in [2.05, 4.69) is 21.0 Å². The van der Waals surface area contributed by atoms with Crippen molar-refractivity contribution in [1.82, 2.24) is 9.78 Å². The number of rotatable bonds is 2. The predicted molar refractivity (Wildman–Crippen MR) is 58.4 cm³/mol. The smallest absolute Gasteiger partial charge is 0.151 e. The van der Waals surface area contributed by atoms with Gasteiger partial charge in [0, 0.05) is 7.05 Å². The molecule has 1 saturated heterocycles. The van der Waals surface area contributed by atoms with Gasteiger partial charge in [0.15, 0.2) is 6.29 Å². The monoisotopic (exact) mass is 272 g/mol. The summed E-state index contributed by atoms with van der Waals surface area (Å²) in [6, 6.07) is 0. The van der Waals surface area contributed by atoms with Crippen LogP contribution in [0, 0.1) is 0 Å². The summed E-state index contributed by atoms with van der Waals surface area (Å²) in [5.41, 5.74) is 0.370. The second-order valence-corrected chi connectivity index (χ2v) is 4.93. The zero-order valence-electron chi connectivity index (χ0n) is 8.74. The lowest BCUT2D eigenvalue weighted by Crippen LogP contribution is -2.25. The van der Waals surface area contributed by atoms with Crippen molar-refractivity contribution in [3.05, 3.63) is 16.4 Å². The van der Waals surface area contributed by atoms with E-state index in [1.807, 2.05) is 14.0 Å². The number of hydrogen-bond donors (Lipinski definition) is 0. The van der Waals surface area contributed by atoms with Crippen molar-refractivity contribution in [1.29, 1.82) is 0 Å². The molecule has 2 heterocycles. The van der Waals surface area contributed by atoms with E-state index >= 15 is 0 Å². The number of carbonyl (C=O) groups is 1. The van der Waals surface area contributed by atoms with Crippen molar-refractivity contribution in [2.45, 2.75) is 31.5 Å². The molecule has 2 atom stereocenters. The third-order valence-electron chi connectivity index (χ3n) is 2.81. The highest BCUT2D eigenvalue weighted by Crippen LogP contribution is 2.40. The van der Waals surface area contributed by atoms with Crippen molar-refractivity contribution < 1.29 is 9.53 Å². The van der Waals surface area contributed by atoms with Gasteiger partial charge in [-0.3, -0.25) is 4.68 Å². The molecular formula is C10H13BrN2O2. The largest absolute Gasteiger partial charge is 0.358 e. The van der Waals surface area contributed by atoms with Crippen molar-refractivity contribution >= 4 is 22.2 Å². The molecule has 0 amide bonds. The molecule has 2 unspecified atom stereocenters. The van der Waals surface area contributed by atoms with Gasteiger partial charge in [-0.05, 0) is 35.7 Å². The third-order valence-corrected chi connectivity index (χ3v) is 3.42. The van der Waals surface area contributed by atoms with Crippen molar-refractivity contribution in [2.75, 3.05) is 0 Å². The zero-order valence-corrected chi connectivity index (χ0v) is 10.3. The molecule has 1 aromatic heterocycles.